The van der Waals surface area contributed by atoms with Gasteiger partial charge in [-0.15, -0.1) is 0 Å². The molecule has 0 fully saturated rings. The minimum Gasteiger partial charge on any atom is -0.444 e. The van der Waals surface area contributed by atoms with Crippen molar-refractivity contribution in [3.63, 3.8) is 0 Å². The van der Waals surface area contributed by atoms with Crippen LogP contribution in [0.4, 0.5) is 22.4 Å². The third kappa shape index (κ3) is 8.29. The molecule has 1 aromatic rings. The van der Waals surface area contributed by atoms with Gasteiger partial charge in [0, 0.05) is 18.5 Å². The van der Waals surface area contributed by atoms with Gasteiger partial charge in [0.1, 0.15) is 11.4 Å². The van der Waals surface area contributed by atoms with Gasteiger partial charge in [-0.1, -0.05) is 17.9 Å². The summed E-state index contributed by atoms with van der Waals surface area (Å²) in [5.41, 5.74) is -0.281. The lowest BCUT2D eigenvalue weighted by Gasteiger charge is -2.19. The lowest BCUT2D eigenvalue weighted by atomic mass is 10.2. The van der Waals surface area contributed by atoms with Crippen LogP contribution in [0.15, 0.2) is 24.3 Å². The number of benzene rings is 1. The Bertz CT molecular complexity index is 645. The van der Waals surface area contributed by atoms with Crippen LogP contribution in [0.5, 0.6) is 5.75 Å². The molecule has 0 radical (unpaired) electrons. The predicted molar refractivity (Wildman–Crippen MR) is 83.8 cm³/mol. The molecular formula is C17H19F4NO3. The Hall–Kier alpha value is -2.43. The number of nitrogens with one attached hydrogen (secondary N) is 1. The number of halogens is 4. The minimum absolute atomic E-state index is 0.238. The highest BCUT2D eigenvalue weighted by atomic mass is 19.3. The summed E-state index contributed by atoms with van der Waals surface area (Å²) in [6.45, 7) is 5.44. The largest absolute Gasteiger partial charge is 0.461 e. The number of amides is 1. The van der Waals surface area contributed by atoms with Crippen molar-refractivity contribution in [2.24, 2.45) is 0 Å². The Kier molecular flexibility index (Phi) is 7.09. The van der Waals surface area contributed by atoms with Crippen molar-refractivity contribution >= 4 is 6.09 Å². The smallest absolute Gasteiger partial charge is 0.444 e. The second-order valence-electron chi connectivity index (χ2n) is 5.97. The monoisotopic (exact) mass is 361 g/mol. The average Bonchev–Trinajstić information content (AvgIpc) is 2.44. The number of alkyl halides is 4. The van der Waals surface area contributed by atoms with Gasteiger partial charge in [-0.3, -0.25) is 0 Å². The number of hydrogen-bond donors (Lipinski definition) is 1. The first-order valence-electron chi connectivity index (χ1n) is 7.40. The molecule has 8 heteroatoms. The lowest BCUT2D eigenvalue weighted by Crippen LogP contribution is -2.33. The van der Waals surface area contributed by atoms with E-state index in [-0.39, 0.29) is 13.0 Å². The molecule has 0 aliphatic carbocycles. The van der Waals surface area contributed by atoms with E-state index >= 15 is 0 Å². The van der Waals surface area contributed by atoms with Crippen LogP contribution in [-0.4, -0.2) is 30.8 Å². The molecule has 0 spiro atoms. The Balaban J connectivity index is 2.52. The molecule has 0 aromatic heterocycles. The van der Waals surface area contributed by atoms with E-state index in [1.54, 1.807) is 20.8 Å². The van der Waals surface area contributed by atoms with Crippen LogP contribution >= 0.6 is 0 Å². The van der Waals surface area contributed by atoms with Gasteiger partial charge in [-0.05, 0) is 39.0 Å². The zero-order valence-corrected chi connectivity index (χ0v) is 14.0. The van der Waals surface area contributed by atoms with Gasteiger partial charge in [0.2, 0.25) is 0 Å². The summed E-state index contributed by atoms with van der Waals surface area (Å²) < 4.78 is 58.9. The molecular weight excluding hydrogens is 342 g/mol. The quantitative estimate of drug-likeness (QED) is 0.486. The normalized spacial score (nSPS) is 11.5. The van der Waals surface area contributed by atoms with Gasteiger partial charge >= 0.3 is 18.6 Å². The molecule has 0 saturated carbocycles. The van der Waals surface area contributed by atoms with E-state index in [1.165, 1.54) is 12.1 Å². The third-order valence-corrected chi connectivity index (χ3v) is 2.49. The molecule has 0 saturated heterocycles. The van der Waals surface area contributed by atoms with Crippen LogP contribution in [0, 0.1) is 11.8 Å². The fraction of sp³-hybridized carbons (Fsp3) is 0.471. The molecule has 0 heterocycles. The molecule has 0 aliphatic heterocycles. The summed E-state index contributed by atoms with van der Waals surface area (Å²) in [5.74, 6) is 4.98. The first-order valence-corrected chi connectivity index (χ1v) is 7.40. The zero-order chi connectivity index (χ0) is 19.1. The van der Waals surface area contributed by atoms with Gasteiger partial charge in [-0.25, -0.2) is 4.79 Å². The van der Waals surface area contributed by atoms with E-state index in [4.69, 9.17) is 4.74 Å². The Morgan fingerprint density at radius 1 is 1.28 bits per heavy atom. The second kappa shape index (κ2) is 8.60. The van der Waals surface area contributed by atoms with Gasteiger partial charge in [0.15, 0.2) is 0 Å². The van der Waals surface area contributed by atoms with Crippen LogP contribution in [0.2, 0.25) is 0 Å². The van der Waals surface area contributed by atoms with E-state index in [0.717, 1.165) is 12.1 Å². The van der Waals surface area contributed by atoms with Crippen molar-refractivity contribution in [2.45, 2.75) is 45.3 Å². The van der Waals surface area contributed by atoms with Gasteiger partial charge in [0.25, 0.3) is 0 Å². The average molecular weight is 361 g/mol. The summed E-state index contributed by atoms with van der Waals surface area (Å²) in [4.78, 5) is 11.4. The first-order chi connectivity index (χ1) is 11.5. The van der Waals surface area contributed by atoms with E-state index in [9.17, 15) is 22.4 Å². The molecule has 0 bridgehead atoms. The van der Waals surface area contributed by atoms with Crippen molar-refractivity contribution in [3.8, 4) is 17.6 Å². The fourth-order valence-corrected chi connectivity index (χ4v) is 1.54. The predicted octanol–water partition coefficient (Wildman–Crippen LogP) is 4.19. The highest BCUT2D eigenvalue weighted by Crippen LogP contribution is 2.27. The molecule has 1 aromatic carbocycles. The molecule has 4 nitrogen and oxygen atoms in total. The molecule has 25 heavy (non-hydrogen) atoms. The van der Waals surface area contributed by atoms with Crippen LogP contribution in [0.3, 0.4) is 0 Å². The number of carbonyl (C=O) groups is 1. The first kappa shape index (κ1) is 20.6. The molecule has 1 amide bonds. The van der Waals surface area contributed by atoms with Crippen molar-refractivity contribution in [3.05, 3.63) is 29.8 Å². The van der Waals surface area contributed by atoms with Crippen molar-refractivity contribution in [1.29, 1.82) is 0 Å². The van der Waals surface area contributed by atoms with Crippen LogP contribution in [-0.2, 0) is 4.74 Å². The second-order valence-corrected chi connectivity index (χ2v) is 5.97. The number of rotatable bonds is 5. The number of alkyl carbamates (subject to hydrolysis) is 1. The fourth-order valence-electron chi connectivity index (χ4n) is 1.54. The maximum absolute atomic E-state index is 12.8. The topological polar surface area (TPSA) is 47.6 Å². The van der Waals surface area contributed by atoms with Crippen molar-refractivity contribution < 1.29 is 31.8 Å². The zero-order valence-electron chi connectivity index (χ0n) is 14.0. The molecule has 1 rings (SSSR count). The highest BCUT2D eigenvalue weighted by Gasteiger charge is 2.43. The number of carbonyl (C=O) groups excluding carboxylic acids is 1. The van der Waals surface area contributed by atoms with Gasteiger partial charge in [0.05, 0.1) is 0 Å². The highest BCUT2D eigenvalue weighted by molar-refractivity contribution is 5.67. The summed E-state index contributed by atoms with van der Waals surface area (Å²) in [6.07, 6.45) is -8.78. The molecule has 0 aliphatic rings. The van der Waals surface area contributed by atoms with Crippen molar-refractivity contribution in [1.82, 2.24) is 5.32 Å². The maximum atomic E-state index is 12.8. The third-order valence-electron chi connectivity index (χ3n) is 2.49. The van der Waals surface area contributed by atoms with Crippen molar-refractivity contribution in [2.75, 3.05) is 6.54 Å². The summed E-state index contributed by atoms with van der Waals surface area (Å²) >= 11 is 0. The van der Waals surface area contributed by atoms with E-state index in [0.29, 0.717) is 5.56 Å². The molecule has 138 valence electrons. The van der Waals surface area contributed by atoms with Crippen LogP contribution < -0.4 is 10.1 Å². The standard InChI is InChI=1S/C17H19F4NO3/c1-16(2,3)25-15(23)22-10-5-4-7-12-8-6-9-13(11-12)24-17(20,21)14(18)19/h6,8-9,11,14H,5,10H2,1-3H3,(H,22,23). The van der Waals surface area contributed by atoms with Crippen LogP contribution in [0.1, 0.15) is 32.8 Å². The summed E-state index contributed by atoms with van der Waals surface area (Å²) in [5, 5.41) is 2.51. The summed E-state index contributed by atoms with van der Waals surface area (Å²) in [7, 11) is 0. The van der Waals surface area contributed by atoms with Gasteiger partial charge in [-0.2, -0.15) is 17.6 Å². The molecule has 0 atom stereocenters. The minimum atomic E-state index is -4.57. The molecule has 0 unspecified atom stereocenters. The maximum Gasteiger partial charge on any atom is 0.461 e. The summed E-state index contributed by atoms with van der Waals surface area (Å²) in [6, 6.07) is 5.14. The Labute approximate surface area is 143 Å². The Morgan fingerprint density at radius 3 is 2.56 bits per heavy atom. The number of ether oxygens (including phenoxy) is 2. The van der Waals surface area contributed by atoms with E-state index in [1.807, 2.05) is 0 Å². The molecule has 1 N–H and O–H groups in total. The van der Waals surface area contributed by atoms with E-state index < -0.39 is 30.0 Å². The van der Waals surface area contributed by atoms with E-state index in [2.05, 4.69) is 21.9 Å². The Morgan fingerprint density at radius 2 is 1.96 bits per heavy atom. The van der Waals surface area contributed by atoms with Crippen LogP contribution in [0.25, 0.3) is 0 Å². The number of hydrogen-bond acceptors (Lipinski definition) is 3. The lowest BCUT2D eigenvalue weighted by molar-refractivity contribution is -0.253. The SMILES string of the molecule is CC(C)(C)OC(=O)NCCC#Cc1cccc(OC(F)(F)C(F)F)c1. The van der Waals surface area contributed by atoms with Gasteiger partial charge < -0.3 is 14.8 Å².